The summed E-state index contributed by atoms with van der Waals surface area (Å²) >= 11 is 3.10. The molecule has 1 amide bonds. The Bertz CT molecular complexity index is 1110. The van der Waals surface area contributed by atoms with Gasteiger partial charge in [-0.25, -0.2) is 4.98 Å². The highest BCUT2D eigenvalue weighted by Crippen LogP contribution is 2.33. The van der Waals surface area contributed by atoms with E-state index in [1.54, 1.807) is 15.9 Å². The van der Waals surface area contributed by atoms with Gasteiger partial charge in [-0.3, -0.25) is 19.1 Å². The fourth-order valence-electron chi connectivity index (χ4n) is 4.41. The summed E-state index contributed by atoms with van der Waals surface area (Å²) in [6.07, 6.45) is 4.34. The molecule has 0 radical (unpaired) electrons. The van der Waals surface area contributed by atoms with Crippen molar-refractivity contribution in [2.75, 3.05) is 26.3 Å². The van der Waals surface area contributed by atoms with E-state index in [0.717, 1.165) is 54.0 Å². The molecule has 1 saturated carbocycles. The topological polar surface area (TPSA) is 76.5 Å². The van der Waals surface area contributed by atoms with Crippen molar-refractivity contribution in [2.24, 2.45) is 0 Å². The quantitative estimate of drug-likeness (QED) is 0.614. The number of thiophene rings is 2. The zero-order valence-electron chi connectivity index (χ0n) is 17.3. The molecule has 3 aromatic heterocycles. The van der Waals surface area contributed by atoms with E-state index in [2.05, 4.69) is 10.2 Å². The first kappa shape index (κ1) is 20.8. The van der Waals surface area contributed by atoms with E-state index in [0.29, 0.717) is 31.0 Å². The summed E-state index contributed by atoms with van der Waals surface area (Å²) < 4.78 is 7.04. The molecule has 0 aromatic carbocycles. The first-order valence-corrected chi connectivity index (χ1v) is 12.6. The van der Waals surface area contributed by atoms with Crippen LogP contribution in [0.5, 0.6) is 0 Å². The number of rotatable bonds is 6. The van der Waals surface area contributed by atoms with Crippen molar-refractivity contribution in [1.29, 1.82) is 0 Å². The molecule has 9 heteroatoms. The number of hydrogen-bond acceptors (Lipinski definition) is 7. The summed E-state index contributed by atoms with van der Waals surface area (Å²) in [5.41, 5.74) is 0.787. The standard InChI is InChI=1S/C22H26N4O3S2/c27-19(23-15-4-1-2-5-15)13-26-18(12-25-7-9-29-10-8-25)24-21-20(22(26)28)16(14-31-21)17-6-3-11-30-17/h3,6,11,14-15H,1-2,4-5,7-10,12-13H2,(H,23,27). The molecule has 0 atom stereocenters. The Labute approximate surface area is 188 Å². The van der Waals surface area contributed by atoms with Crippen molar-refractivity contribution >= 4 is 38.8 Å². The van der Waals surface area contributed by atoms with Gasteiger partial charge in [-0.15, -0.1) is 22.7 Å². The van der Waals surface area contributed by atoms with Crippen LogP contribution in [0.2, 0.25) is 0 Å². The molecule has 0 bridgehead atoms. The first-order valence-electron chi connectivity index (χ1n) is 10.8. The van der Waals surface area contributed by atoms with Crippen LogP contribution in [0.3, 0.4) is 0 Å². The number of fused-ring (bicyclic) bond motifs is 1. The van der Waals surface area contributed by atoms with E-state index in [-0.39, 0.29) is 24.1 Å². The van der Waals surface area contributed by atoms with Crippen LogP contribution in [0.25, 0.3) is 20.7 Å². The number of aromatic nitrogens is 2. The minimum Gasteiger partial charge on any atom is -0.379 e. The third-order valence-corrected chi connectivity index (χ3v) is 7.83. The molecule has 0 unspecified atom stereocenters. The van der Waals surface area contributed by atoms with Crippen LogP contribution < -0.4 is 10.9 Å². The maximum Gasteiger partial charge on any atom is 0.263 e. The monoisotopic (exact) mass is 458 g/mol. The van der Waals surface area contributed by atoms with Gasteiger partial charge in [-0.05, 0) is 24.3 Å². The average Bonchev–Trinajstić information content (AvgIpc) is 3.53. The van der Waals surface area contributed by atoms with E-state index < -0.39 is 0 Å². The van der Waals surface area contributed by atoms with E-state index in [4.69, 9.17) is 9.72 Å². The number of carbonyl (C=O) groups is 1. The van der Waals surface area contributed by atoms with Crippen LogP contribution in [0.1, 0.15) is 31.5 Å². The van der Waals surface area contributed by atoms with Gasteiger partial charge in [0.05, 0.1) is 25.1 Å². The summed E-state index contributed by atoms with van der Waals surface area (Å²) in [6, 6.07) is 4.23. The van der Waals surface area contributed by atoms with Gasteiger partial charge < -0.3 is 10.1 Å². The molecular weight excluding hydrogens is 432 g/mol. The molecule has 1 saturated heterocycles. The number of hydrogen-bond donors (Lipinski definition) is 1. The maximum absolute atomic E-state index is 13.7. The minimum atomic E-state index is -0.125. The van der Waals surface area contributed by atoms with Gasteiger partial charge in [0, 0.05) is 35.0 Å². The molecule has 1 aliphatic heterocycles. The molecular formula is C22H26N4O3S2. The van der Waals surface area contributed by atoms with Crippen molar-refractivity contribution in [3.63, 3.8) is 0 Å². The zero-order chi connectivity index (χ0) is 21.2. The predicted molar refractivity (Wildman–Crippen MR) is 124 cm³/mol. The molecule has 3 aromatic rings. The van der Waals surface area contributed by atoms with Crippen LogP contribution in [0.4, 0.5) is 0 Å². The lowest BCUT2D eigenvalue weighted by molar-refractivity contribution is -0.122. The highest BCUT2D eigenvalue weighted by atomic mass is 32.1. The number of nitrogens with zero attached hydrogens (tertiary/aromatic N) is 3. The minimum absolute atomic E-state index is 0.0116. The van der Waals surface area contributed by atoms with E-state index in [9.17, 15) is 9.59 Å². The van der Waals surface area contributed by atoms with Gasteiger partial charge in [0.15, 0.2) is 0 Å². The fourth-order valence-corrected chi connectivity index (χ4v) is 6.18. The average molecular weight is 459 g/mol. The molecule has 5 rings (SSSR count). The molecule has 2 fully saturated rings. The number of carbonyl (C=O) groups excluding carboxylic acids is 1. The lowest BCUT2D eigenvalue weighted by Gasteiger charge is -2.27. The van der Waals surface area contributed by atoms with Gasteiger partial charge >= 0.3 is 0 Å². The largest absolute Gasteiger partial charge is 0.379 e. The van der Waals surface area contributed by atoms with Gasteiger partial charge in [-0.1, -0.05) is 18.9 Å². The lowest BCUT2D eigenvalue weighted by Crippen LogP contribution is -2.41. The summed E-state index contributed by atoms with van der Waals surface area (Å²) in [5.74, 6) is 0.548. The SMILES string of the molecule is O=C(Cn1c(CN2CCOCC2)nc2scc(-c3cccs3)c2c1=O)NC1CCCC1. The van der Waals surface area contributed by atoms with Crippen LogP contribution >= 0.6 is 22.7 Å². The molecule has 1 aliphatic carbocycles. The molecule has 2 aliphatic rings. The third-order valence-electron chi connectivity index (χ3n) is 6.05. The fraction of sp³-hybridized carbons (Fsp3) is 0.500. The highest BCUT2D eigenvalue weighted by molar-refractivity contribution is 7.18. The second-order valence-corrected chi connectivity index (χ2v) is 9.97. The molecule has 164 valence electrons. The second-order valence-electron chi connectivity index (χ2n) is 8.16. The van der Waals surface area contributed by atoms with E-state index in [1.807, 2.05) is 22.9 Å². The normalized spacial score (nSPS) is 18.1. The van der Waals surface area contributed by atoms with Crippen LogP contribution in [-0.2, 0) is 22.6 Å². The van der Waals surface area contributed by atoms with E-state index >= 15 is 0 Å². The molecule has 0 spiro atoms. The van der Waals surface area contributed by atoms with Gasteiger partial charge in [0.2, 0.25) is 5.91 Å². The Morgan fingerprint density at radius 2 is 2.03 bits per heavy atom. The summed E-state index contributed by atoms with van der Waals surface area (Å²) in [6.45, 7) is 3.50. The Kier molecular flexibility index (Phi) is 6.17. The lowest BCUT2D eigenvalue weighted by atomic mass is 10.2. The van der Waals surface area contributed by atoms with Crippen molar-refractivity contribution < 1.29 is 9.53 Å². The molecule has 7 nitrogen and oxygen atoms in total. The third kappa shape index (κ3) is 4.45. The van der Waals surface area contributed by atoms with Crippen LogP contribution in [0.15, 0.2) is 27.7 Å². The zero-order valence-corrected chi connectivity index (χ0v) is 19.0. The Morgan fingerprint density at radius 3 is 2.77 bits per heavy atom. The molecule has 31 heavy (non-hydrogen) atoms. The second kappa shape index (κ2) is 9.20. The van der Waals surface area contributed by atoms with Crippen LogP contribution in [0, 0.1) is 0 Å². The highest BCUT2D eigenvalue weighted by Gasteiger charge is 2.23. The number of amides is 1. The summed E-state index contributed by atoms with van der Waals surface area (Å²) in [5, 5.41) is 7.74. The summed E-state index contributed by atoms with van der Waals surface area (Å²) in [7, 11) is 0. The summed E-state index contributed by atoms with van der Waals surface area (Å²) in [4.78, 5) is 35.4. The van der Waals surface area contributed by atoms with Gasteiger partial charge in [0.25, 0.3) is 5.56 Å². The number of nitrogens with one attached hydrogen (secondary N) is 1. The maximum atomic E-state index is 13.7. The van der Waals surface area contributed by atoms with Crippen molar-refractivity contribution in [1.82, 2.24) is 19.8 Å². The van der Waals surface area contributed by atoms with Gasteiger partial charge in [0.1, 0.15) is 17.2 Å². The predicted octanol–water partition coefficient (Wildman–Crippen LogP) is 3.08. The van der Waals surface area contributed by atoms with Crippen molar-refractivity contribution in [3.05, 3.63) is 39.1 Å². The molecule has 4 heterocycles. The number of ether oxygens (including phenoxy) is 1. The smallest absolute Gasteiger partial charge is 0.263 e. The number of morpholine rings is 1. The van der Waals surface area contributed by atoms with Crippen molar-refractivity contribution in [2.45, 2.75) is 44.8 Å². The van der Waals surface area contributed by atoms with Crippen LogP contribution in [-0.4, -0.2) is 52.7 Å². The van der Waals surface area contributed by atoms with Gasteiger partial charge in [-0.2, -0.15) is 0 Å². The van der Waals surface area contributed by atoms with E-state index in [1.165, 1.54) is 11.3 Å². The van der Waals surface area contributed by atoms with Crippen molar-refractivity contribution in [3.8, 4) is 10.4 Å². The molecule has 1 N–H and O–H groups in total. The Morgan fingerprint density at radius 1 is 1.23 bits per heavy atom. The first-order chi connectivity index (χ1) is 15.2. The Balaban J connectivity index is 1.52. The Hall–Kier alpha value is -2.07.